The first-order valence-corrected chi connectivity index (χ1v) is 6.96. The molecule has 0 nitrogen and oxygen atoms in total. The summed E-state index contributed by atoms with van der Waals surface area (Å²) in [5.74, 6) is -15.3. The topological polar surface area (TPSA) is 0 Å². The summed E-state index contributed by atoms with van der Waals surface area (Å²) < 4.78 is 149. The van der Waals surface area contributed by atoms with E-state index in [1.165, 1.54) is 0 Å². The van der Waals surface area contributed by atoms with Crippen molar-refractivity contribution in [3.05, 3.63) is 68.8 Å². The zero-order valence-electron chi connectivity index (χ0n) is 13.7. The highest BCUT2D eigenvalue weighted by molar-refractivity contribution is 5.30. The van der Waals surface area contributed by atoms with Gasteiger partial charge in [-0.3, -0.25) is 0 Å². The summed E-state index contributed by atoms with van der Waals surface area (Å²) in [4.78, 5) is 0. The Morgan fingerprint density at radius 1 is 0.393 bits per heavy atom. The van der Waals surface area contributed by atoms with E-state index >= 15 is 0 Å². The predicted octanol–water partition coefficient (Wildman–Crippen LogP) is 6.98. The van der Waals surface area contributed by atoms with Crippen LogP contribution in [0.15, 0.2) is 0 Å². The fraction of sp³-hybridized carbons (Fsp3) is 0.250. The second-order valence-electron chi connectivity index (χ2n) is 5.19. The summed E-state index contributed by atoms with van der Waals surface area (Å²) in [6.07, 6.45) is -7.20. The summed E-state index contributed by atoms with van der Waals surface area (Å²) in [6, 6.07) is 0. The molecule has 28 heavy (non-hydrogen) atoms. The lowest BCUT2D eigenvalue weighted by Gasteiger charge is -2.08. The molecule has 0 aliphatic carbocycles. The lowest BCUT2D eigenvalue weighted by molar-refractivity contribution is 0.137. The number of hydrogen-bond acceptors (Lipinski definition) is 0. The van der Waals surface area contributed by atoms with Crippen molar-refractivity contribution < 1.29 is 52.7 Å². The third kappa shape index (κ3) is 4.20. The molecule has 2 rings (SSSR count). The van der Waals surface area contributed by atoms with E-state index in [2.05, 4.69) is 0 Å². The highest BCUT2D eigenvalue weighted by Crippen LogP contribution is 2.31. The molecule has 0 aromatic heterocycles. The molecule has 0 unspecified atom stereocenters. The Morgan fingerprint density at radius 2 is 0.571 bits per heavy atom. The third-order valence-electron chi connectivity index (χ3n) is 3.47. The number of hydrogen-bond donors (Lipinski definition) is 0. The molecule has 0 aliphatic heterocycles. The van der Waals surface area contributed by atoms with Crippen molar-refractivity contribution in [3.63, 3.8) is 0 Å². The van der Waals surface area contributed by atoms with Crippen LogP contribution in [-0.4, -0.2) is 0 Å². The van der Waals surface area contributed by atoms with Crippen LogP contribution in [0.4, 0.5) is 52.7 Å². The summed E-state index contributed by atoms with van der Waals surface area (Å²) >= 11 is 0. The minimum Gasteiger partial charge on any atom is -0.205 e. The third-order valence-corrected chi connectivity index (χ3v) is 3.47. The van der Waals surface area contributed by atoms with Gasteiger partial charge in [0, 0.05) is 11.1 Å². The minimum absolute atomic E-state index is 0.756. The number of halogens is 12. The Bertz CT molecular complexity index is 757. The van der Waals surface area contributed by atoms with E-state index in [0.717, 1.165) is 13.8 Å². The van der Waals surface area contributed by atoms with Gasteiger partial charge in [-0.25, -0.2) is 52.7 Å². The van der Waals surface area contributed by atoms with Gasteiger partial charge >= 0.3 is 0 Å². The Morgan fingerprint density at radius 3 is 0.714 bits per heavy atom. The van der Waals surface area contributed by atoms with Gasteiger partial charge in [-0.2, -0.15) is 0 Å². The van der Waals surface area contributed by atoms with E-state index < -0.39 is 81.6 Å². The average molecular weight is 428 g/mol. The van der Waals surface area contributed by atoms with Crippen molar-refractivity contribution in [1.82, 2.24) is 0 Å². The molecule has 0 radical (unpaired) electrons. The first kappa shape index (κ1) is 23.6. The molecule has 0 saturated carbocycles. The Hall–Kier alpha value is -2.40. The van der Waals surface area contributed by atoms with Crippen molar-refractivity contribution in [2.75, 3.05) is 0 Å². The van der Waals surface area contributed by atoms with Gasteiger partial charge in [0.2, 0.25) is 0 Å². The highest BCUT2D eigenvalue weighted by Gasteiger charge is 2.29. The van der Waals surface area contributed by atoms with E-state index in [1.54, 1.807) is 0 Å². The molecular weight excluding hydrogens is 420 g/mol. The smallest absolute Gasteiger partial charge is 0.205 e. The molecule has 2 aromatic carbocycles. The molecule has 0 heterocycles. The second kappa shape index (κ2) is 8.74. The van der Waals surface area contributed by atoms with Gasteiger partial charge in [0.1, 0.15) is 0 Å². The van der Waals surface area contributed by atoms with Gasteiger partial charge in [0.15, 0.2) is 46.5 Å². The molecule has 0 bridgehead atoms. The van der Waals surface area contributed by atoms with E-state index in [0.29, 0.717) is 0 Å². The molecule has 0 aliphatic rings. The second-order valence-corrected chi connectivity index (χ2v) is 5.19. The Kier molecular flexibility index (Phi) is 7.38. The lowest BCUT2D eigenvalue weighted by Crippen LogP contribution is -2.06. The van der Waals surface area contributed by atoms with Crippen LogP contribution in [0.3, 0.4) is 0 Å². The quantitative estimate of drug-likeness (QED) is 0.358. The van der Waals surface area contributed by atoms with Gasteiger partial charge < -0.3 is 0 Å². The Labute approximate surface area is 149 Å². The van der Waals surface area contributed by atoms with E-state index in [1.807, 2.05) is 0 Å². The maximum absolute atomic E-state index is 12.7. The largest absolute Gasteiger partial charge is 0.269 e. The maximum Gasteiger partial charge on any atom is 0.269 e. The maximum atomic E-state index is 12.7. The fourth-order valence-corrected chi connectivity index (χ4v) is 1.90. The standard InChI is InChI=1S/2C8H4F6/c2*1-2-4(9)6(11)3(8(13)14)7(12)5(2)10/h2*8H,1H3. The van der Waals surface area contributed by atoms with Crippen molar-refractivity contribution >= 4 is 0 Å². The van der Waals surface area contributed by atoms with Crippen LogP contribution in [0.2, 0.25) is 0 Å². The van der Waals surface area contributed by atoms with Crippen molar-refractivity contribution in [1.29, 1.82) is 0 Å². The van der Waals surface area contributed by atoms with Crippen LogP contribution in [0.25, 0.3) is 0 Å². The van der Waals surface area contributed by atoms with Crippen molar-refractivity contribution in [2.24, 2.45) is 0 Å². The first-order chi connectivity index (χ1) is 12.7. The van der Waals surface area contributed by atoms with Crippen molar-refractivity contribution in [2.45, 2.75) is 26.7 Å². The monoisotopic (exact) mass is 428 g/mol. The SMILES string of the molecule is Cc1c(F)c(F)c(C(F)F)c(F)c1F.Cc1c(F)c(F)c(C(F)F)c(F)c1F. The minimum atomic E-state index is -3.60. The van der Waals surface area contributed by atoms with Gasteiger partial charge in [-0.1, -0.05) is 0 Å². The molecule has 0 saturated heterocycles. The molecule has 0 amide bonds. The summed E-state index contributed by atoms with van der Waals surface area (Å²) in [6.45, 7) is 1.51. The van der Waals surface area contributed by atoms with Crippen LogP contribution in [0.1, 0.15) is 35.1 Å². The van der Waals surface area contributed by atoms with Crippen LogP contribution in [0.5, 0.6) is 0 Å². The van der Waals surface area contributed by atoms with E-state index in [-0.39, 0.29) is 0 Å². The molecule has 0 fully saturated rings. The lowest BCUT2D eigenvalue weighted by atomic mass is 10.1. The fourth-order valence-electron chi connectivity index (χ4n) is 1.90. The molecule has 0 N–H and O–H groups in total. The van der Waals surface area contributed by atoms with Crippen LogP contribution >= 0.6 is 0 Å². The van der Waals surface area contributed by atoms with E-state index in [4.69, 9.17) is 0 Å². The molecular formula is C16H8F12. The predicted molar refractivity (Wildman–Crippen MR) is 71.9 cm³/mol. The van der Waals surface area contributed by atoms with Gasteiger partial charge in [-0.05, 0) is 13.8 Å². The number of benzene rings is 2. The van der Waals surface area contributed by atoms with Crippen LogP contribution in [0, 0.1) is 60.4 Å². The zero-order chi connectivity index (χ0) is 22.1. The Balaban J connectivity index is 0.000000280. The van der Waals surface area contributed by atoms with Gasteiger partial charge in [-0.15, -0.1) is 0 Å². The molecule has 0 atom stereocenters. The highest BCUT2D eigenvalue weighted by atomic mass is 19.3. The van der Waals surface area contributed by atoms with Crippen LogP contribution < -0.4 is 0 Å². The average Bonchev–Trinajstić information content (AvgIpc) is 2.61. The zero-order valence-corrected chi connectivity index (χ0v) is 13.7. The van der Waals surface area contributed by atoms with Gasteiger partial charge in [0.05, 0.1) is 11.1 Å². The van der Waals surface area contributed by atoms with E-state index in [9.17, 15) is 52.7 Å². The summed E-state index contributed by atoms with van der Waals surface area (Å²) in [7, 11) is 0. The molecule has 2 aromatic rings. The molecule has 12 heteroatoms. The summed E-state index contributed by atoms with van der Waals surface area (Å²) in [5, 5.41) is 0. The first-order valence-electron chi connectivity index (χ1n) is 6.96. The van der Waals surface area contributed by atoms with Crippen molar-refractivity contribution in [3.8, 4) is 0 Å². The summed E-state index contributed by atoms with van der Waals surface area (Å²) in [5.41, 5.74) is -5.65. The molecule has 156 valence electrons. The number of rotatable bonds is 2. The normalized spacial score (nSPS) is 11.1. The van der Waals surface area contributed by atoms with Gasteiger partial charge in [0.25, 0.3) is 12.9 Å². The molecule has 0 spiro atoms. The van der Waals surface area contributed by atoms with Crippen LogP contribution in [-0.2, 0) is 0 Å². The number of alkyl halides is 4.